The molecular formula is C9H20N4O2S2. The van der Waals surface area contributed by atoms with Crippen molar-refractivity contribution in [3.05, 3.63) is 0 Å². The van der Waals surface area contributed by atoms with Gasteiger partial charge in [0.2, 0.25) is 0 Å². The van der Waals surface area contributed by atoms with Crippen LogP contribution in [0, 0.1) is 0 Å². The lowest BCUT2D eigenvalue weighted by atomic mass is 10.1. The van der Waals surface area contributed by atoms with Crippen molar-refractivity contribution in [2.75, 3.05) is 33.2 Å². The van der Waals surface area contributed by atoms with Crippen LogP contribution in [0.25, 0.3) is 0 Å². The van der Waals surface area contributed by atoms with Gasteiger partial charge in [0, 0.05) is 33.2 Å². The lowest BCUT2D eigenvalue weighted by Crippen LogP contribution is -2.56. The molecule has 0 aromatic carbocycles. The smallest absolute Gasteiger partial charge is 0.279 e. The first-order chi connectivity index (χ1) is 7.92. The van der Waals surface area contributed by atoms with Crippen LogP contribution in [0.5, 0.6) is 0 Å². The molecule has 1 atom stereocenters. The van der Waals surface area contributed by atoms with E-state index in [1.165, 1.54) is 11.4 Å². The molecule has 1 unspecified atom stereocenters. The standard InChI is InChI=1S/C9H20N4O2S2/c1-3-8(9(10)16)12-4-6-13(7-5-12)17(14,15)11-2/h8,11H,3-7H2,1-2H3,(H2,10,16). The fourth-order valence-electron chi connectivity index (χ4n) is 2.02. The van der Waals surface area contributed by atoms with Gasteiger partial charge in [0.1, 0.15) is 0 Å². The van der Waals surface area contributed by atoms with Crippen LogP contribution < -0.4 is 10.5 Å². The van der Waals surface area contributed by atoms with Crippen molar-refractivity contribution in [1.82, 2.24) is 13.9 Å². The molecule has 1 aliphatic heterocycles. The quantitative estimate of drug-likeness (QED) is 0.640. The van der Waals surface area contributed by atoms with Crippen LogP contribution in [0.3, 0.4) is 0 Å². The minimum atomic E-state index is -3.30. The highest BCUT2D eigenvalue weighted by atomic mass is 32.2. The molecule has 0 bridgehead atoms. The fraction of sp³-hybridized carbons (Fsp3) is 0.889. The van der Waals surface area contributed by atoms with Gasteiger partial charge < -0.3 is 5.73 Å². The number of rotatable bonds is 5. The summed E-state index contributed by atoms with van der Waals surface area (Å²) in [5.41, 5.74) is 5.67. The predicted octanol–water partition coefficient (Wildman–Crippen LogP) is -0.867. The summed E-state index contributed by atoms with van der Waals surface area (Å²) in [6.45, 7) is 4.30. The summed E-state index contributed by atoms with van der Waals surface area (Å²) in [6.07, 6.45) is 0.855. The van der Waals surface area contributed by atoms with Crippen molar-refractivity contribution in [3.63, 3.8) is 0 Å². The number of nitrogens with two attached hydrogens (primary N) is 1. The largest absolute Gasteiger partial charge is 0.392 e. The molecular weight excluding hydrogens is 260 g/mol. The van der Waals surface area contributed by atoms with Gasteiger partial charge in [-0.25, -0.2) is 4.72 Å². The molecule has 0 aromatic heterocycles. The number of hydrogen-bond donors (Lipinski definition) is 2. The Morgan fingerprint density at radius 3 is 2.29 bits per heavy atom. The normalized spacial score (nSPS) is 21.3. The molecule has 1 rings (SSSR count). The van der Waals surface area contributed by atoms with Crippen molar-refractivity contribution in [2.24, 2.45) is 5.73 Å². The Balaban J connectivity index is 2.59. The zero-order valence-electron chi connectivity index (χ0n) is 10.2. The minimum Gasteiger partial charge on any atom is -0.392 e. The molecule has 17 heavy (non-hydrogen) atoms. The van der Waals surface area contributed by atoms with E-state index in [1.54, 1.807) is 0 Å². The third kappa shape index (κ3) is 3.59. The molecule has 1 aliphatic rings. The number of piperazine rings is 1. The van der Waals surface area contributed by atoms with E-state index in [1.807, 2.05) is 6.92 Å². The second-order valence-corrected chi connectivity index (χ2v) is 6.32. The van der Waals surface area contributed by atoms with E-state index in [-0.39, 0.29) is 6.04 Å². The molecule has 0 spiro atoms. The average molecular weight is 280 g/mol. The second-order valence-electron chi connectivity index (χ2n) is 3.97. The first-order valence-corrected chi connectivity index (χ1v) is 7.49. The van der Waals surface area contributed by atoms with Crippen molar-refractivity contribution in [1.29, 1.82) is 0 Å². The molecule has 1 fully saturated rings. The summed E-state index contributed by atoms with van der Waals surface area (Å²) in [5, 5.41) is 0. The van der Waals surface area contributed by atoms with Crippen LogP contribution in [0.15, 0.2) is 0 Å². The highest BCUT2D eigenvalue weighted by Crippen LogP contribution is 2.11. The molecule has 8 heteroatoms. The Bertz CT molecular complexity index is 363. The maximum absolute atomic E-state index is 11.6. The number of thiocarbonyl (C=S) groups is 1. The zero-order valence-corrected chi connectivity index (χ0v) is 11.9. The molecule has 1 saturated heterocycles. The van der Waals surface area contributed by atoms with E-state index in [2.05, 4.69) is 9.62 Å². The van der Waals surface area contributed by atoms with Crippen molar-refractivity contribution in [2.45, 2.75) is 19.4 Å². The highest BCUT2D eigenvalue weighted by Gasteiger charge is 2.29. The SMILES string of the molecule is CCC(C(N)=S)N1CCN(S(=O)(=O)NC)CC1. The van der Waals surface area contributed by atoms with Gasteiger partial charge in [-0.3, -0.25) is 4.90 Å². The van der Waals surface area contributed by atoms with Crippen LogP contribution in [0.4, 0.5) is 0 Å². The van der Waals surface area contributed by atoms with Crippen LogP contribution in [0.2, 0.25) is 0 Å². The van der Waals surface area contributed by atoms with Gasteiger partial charge in [0.25, 0.3) is 10.2 Å². The predicted molar refractivity (Wildman–Crippen MR) is 72.0 cm³/mol. The third-order valence-corrected chi connectivity index (χ3v) is 4.86. The zero-order chi connectivity index (χ0) is 13.1. The molecule has 6 nitrogen and oxygen atoms in total. The Hall–Kier alpha value is -0.280. The maximum atomic E-state index is 11.6. The van der Waals surface area contributed by atoms with Gasteiger partial charge in [-0.05, 0) is 6.42 Å². The topological polar surface area (TPSA) is 78.7 Å². The van der Waals surface area contributed by atoms with Crippen LogP contribution in [-0.4, -0.2) is 61.9 Å². The van der Waals surface area contributed by atoms with Gasteiger partial charge in [0.05, 0.1) is 11.0 Å². The Kier molecular flexibility index (Phi) is 5.26. The lowest BCUT2D eigenvalue weighted by Gasteiger charge is -2.37. The number of hydrogen-bond acceptors (Lipinski definition) is 4. The Morgan fingerprint density at radius 2 is 1.94 bits per heavy atom. The van der Waals surface area contributed by atoms with Gasteiger partial charge in [-0.1, -0.05) is 19.1 Å². The van der Waals surface area contributed by atoms with E-state index < -0.39 is 10.2 Å². The Morgan fingerprint density at radius 1 is 1.41 bits per heavy atom. The molecule has 0 saturated carbocycles. The molecule has 0 aromatic rings. The number of nitrogens with zero attached hydrogens (tertiary/aromatic N) is 2. The third-order valence-electron chi connectivity index (χ3n) is 3.03. The summed E-state index contributed by atoms with van der Waals surface area (Å²) < 4.78 is 26.9. The van der Waals surface area contributed by atoms with Crippen LogP contribution in [0.1, 0.15) is 13.3 Å². The van der Waals surface area contributed by atoms with Crippen LogP contribution >= 0.6 is 12.2 Å². The van der Waals surface area contributed by atoms with E-state index in [0.717, 1.165) is 6.42 Å². The van der Waals surface area contributed by atoms with E-state index in [9.17, 15) is 8.42 Å². The van der Waals surface area contributed by atoms with Gasteiger partial charge >= 0.3 is 0 Å². The molecule has 0 aliphatic carbocycles. The number of nitrogens with one attached hydrogen (secondary N) is 1. The molecule has 0 radical (unpaired) electrons. The first-order valence-electron chi connectivity index (χ1n) is 5.64. The molecule has 0 amide bonds. The van der Waals surface area contributed by atoms with Gasteiger partial charge in [-0.2, -0.15) is 12.7 Å². The van der Waals surface area contributed by atoms with Crippen molar-refractivity contribution >= 4 is 27.4 Å². The lowest BCUT2D eigenvalue weighted by molar-refractivity contribution is 0.164. The maximum Gasteiger partial charge on any atom is 0.279 e. The first kappa shape index (κ1) is 14.8. The highest BCUT2D eigenvalue weighted by molar-refractivity contribution is 7.87. The van der Waals surface area contributed by atoms with Crippen molar-refractivity contribution < 1.29 is 8.42 Å². The Labute approximate surface area is 108 Å². The molecule has 100 valence electrons. The van der Waals surface area contributed by atoms with Crippen molar-refractivity contribution in [3.8, 4) is 0 Å². The minimum absolute atomic E-state index is 0.0736. The van der Waals surface area contributed by atoms with E-state index in [4.69, 9.17) is 18.0 Å². The summed E-state index contributed by atoms with van der Waals surface area (Å²) in [6, 6.07) is 0.0736. The van der Waals surface area contributed by atoms with Gasteiger partial charge in [0.15, 0.2) is 0 Å². The average Bonchev–Trinajstić information content (AvgIpc) is 2.30. The summed E-state index contributed by atoms with van der Waals surface area (Å²) >= 11 is 5.01. The second kappa shape index (κ2) is 6.05. The molecule has 1 heterocycles. The van der Waals surface area contributed by atoms with Crippen LogP contribution in [-0.2, 0) is 10.2 Å². The molecule has 3 N–H and O–H groups in total. The summed E-state index contributed by atoms with van der Waals surface area (Å²) in [5.74, 6) is 0. The monoisotopic (exact) mass is 280 g/mol. The summed E-state index contributed by atoms with van der Waals surface area (Å²) in [4.78, 5) is 2.63. The summed E-state index contributed by atoms with van der Waals surface area (Å²) in [7, 11) is -1.88. The fourth-order valence-corrected chi connectivity index (χ4v) is 3.24. The van der Waals surface area contributed by atoms with E-state index >= 15 is 0 Å². The van der Waals surface area contributed by atoms with E-state index in [0.29, 0.717) is 31.2 Å². The van der Waals surface area contributed by atoms with Gasteiger partial charge in [-0.15, -0.1) is 0 Å².